The number of hydrogen-bond donors (Lipinski definition) is 1. The van der Waals surface area contributed by atoms with E-state index >= 15 is 0 Å². The molecule has 0 atom stereocenters. The van der Waals surface area contributed by atoms with Gasteiger partial charge >= 0.3 is 0 Å². The van der Waals surface area contributed by atoms with Gasteiger partial charge in [-0.15, -0.1) is 0 Å². The van der Waals surface area contributed by atoms with Crippen molar-refractivity contribution < 1.29 is 46.1 Å². The molecule has 1 aliphatic heterocycles. The molecule has 2 rings (SSSR count). The minimum Gasteiger partial charge on any atom is -0.412 e. The van der Waals surface area contributed by atoms with Gasteiger partial charge in [-0.05, 0) is 12.1 Å². The molecule has 0 saturated carbocycles. The molecule has 0 bridgehead atoms. The summed E-state index contributed by atoms with van der Waals surface area (Å²) in [5.74, 6) is -0.550. The van der Waals surface area contributed by atoms with E-state index in [9.17, 15) is 13.2 Å². The van der Waals surface area contributed by atoms with Crippen LogP contribution in [0.15, 0.2) is 29.2 Å². The first-order chi connectivity index (χ1) is 5.61. The number of carbonyl (C=O) groups excluding carboxylic acids is 1. The van der Waals surface area contributed by atoms with Crippen molar-refractivity contribution in [2.45, 2.75) is 4.90 Å². The lowest BCUT2D eigenvalue weighted by Crippen LogP contribution is -2.20. The van der Waals surface area contributed by atoms with Crippen molar-refractivity contribution in [2.75, 3.05) is 0 Å². The van der Waals surface area contributed by atoms with Gasteiger partial charge in [0.05, 0.1) is 5.56 Å². The number of sulfonamides is 1. The third-order valence-corrected chi connectivity index (χ3v) is 3.04. The van der Waals surface area contributed by atoms with Crippen molar-refractivity contribution in [3.05, 3.63) is 29.8 Å². The van der Waals surface area contributed by atoms with Gasteiger partial charge in [-0.1, -0.05) is 12.1 Å². The van der Waals surface area contributed by atoms with Crippen molar-refractivity contribution >= 4 is 15.9 Å². The van der Waals surface area contributed by atoms with Crippen LogP contribution in [0.2, 0.25) is 0 Å². The highest BCUT2D eigenvalue weighted by Gasteiger charge is 2.31. The predicted octanol–water partition coefficient (Wildman–Crippen LogP) is -4.83. The van der Waals surface area contributed by atoms with Crippen LogP contribution >= 0.6 is 0 Å². The summed E-state index contributed by atoms with van der Waals surface area (Å²) in [6, 6.07) is 6.09. The molecule has 0 saturated heterocycles. The molecule has 0 spiro atoms. The fourth-order valence-corrected chi connectivity index (χ4v) is 2.29. The molecular formula is C7H17NO9S. The van der Waals surface area contributed by atoms with E-state index in [0.29, 0.717) is 0 Å². The van der Waals surface area contributed by atoms with E-state index in [2.05, 4.69) is 0 Å². The van der Waals surface area contributed by atoms with Crippen LogP contribution in [0.4, 0.5) is 0 Å². The van der Waals surface area contributed by atoms with Crippen LogP contribution in [-0.4, -0.2) is 47.2 Å². The number of nitrogens with one attached hydrogen (secondary N) is 1. The Hall–Kier alpha value is -1.60. The summed E-state index contributed by atoms with van der Waals surface area (Å²) in [6.07, 6.45) is 0. The Balaban J connectivity index is -0.0000000939. The molecule has 0 radical (unpaired) electrons. The average molecular weight is 291 g/mol. The van der Waals surface area contributed by atoms with Crippen molar-refractivity contribution in [1.29, 1.82) is 0 Å². The van der Waals surface area contributed by atoms with Gasteiger partial charge in [0.25, 0.3) is 15.9 Å². The zero-order chi connectivity index (χ0) is 8.77. The minimum atomic E-state index is -3.55. The van der Waals surface area contributed by atoms with E-state index in [1.54, 1.807) is 12.1 Å². The van der Waals surface area contributed by atoms with Crippen LogP contribution in [0.3, 0.4) is 0 Å². The number of fused-ring (bicyclic) bond motifs is 1. The quantitative estimate of drug-likeness (QED) is 0.493. The molecular weight excluding hydrogens is 274 g/mol. The van der Waals surface area contributed by atoms with Gasteiger partial charge in [0.1, 0.15) is 4.90 Å². The normalized spacial score (nSPS) is 12.3. The number of hydrogen-bond acceptors (Lipinski definition) is 3. The maximum absolute atomic E-state index is 11.1. The molecule has 1 aliphatic rings. The largest absolute Gasteiger partial charge is 0.412 e. The van der Waals surface area contributed by atoms with Gasteiger partial charge in [-0.25, -0.2) is 13.1 Å². The van der Waals surface area contributed by atoms with Crippen LogP contribution in [0, 0.1) is 0 Å². The maximum atomic E-state index is 11.1. The number of rotatable bonds is 0. The second-order valence-electron chi connectivity index (χ2n) is 2.43. The first-order valence-electron chi connectivity index (χ1n) is 3.27. The summed E-state index contributed by atoms with van der Waals surface area (Å²) < 4.78 is 24.2. The van der Waals surface area contributed by atoms with Crippen molar-refractivity contribution in [3.8, 4) is 0 Å². The molecule has 0 aliphatic carbocycles. The van der Waals surface area contributed by atoms with E-state index in [-0.39, 0.29) is 43.3 Å². The highest BCUT2D eigenvalue weighted by Crippen LogP contribution is 2.20. The standard InChI is InChI=1S/C7H5NO3S.6H2O/c9-7-5-3-1-2-4-6(5)12(10,11)8-7;;;;;;/h1-4H,(H,8,9);6*1H2. The van der Waals surface area contributed by atoms with Crippen LogP contribution in [-0.2, 0) is 10.0 Å². The first kappa shape index (κ1) is 29.9. The smallest absolute Gasteiger partial charge is 0.266 e. The van der Waals surface area contributed by atoms with E-state index in [4.69, 9.17) is 0 Å². The van der Waals surface area contributed by atoms with Gasteiger partial charge in [-0.2, -0.15) is 0 Å². The van der Waals surface area contributed by atoms with E-state index in [0.717, 1.165) is 0 Å². The number of carbonyl (C=O) groups is 1. The molecule has 11 heteroatoms. The average Bonchev–Trinajstić information content (AvgIpc) is 2.25. The zero-order valence-electron chi connectivity index (χ0n) is 8.94. The summed E-state index contributed by atoms with van der Waals surface area (Å²) in [5.41, 5.74) is 0.220. The fourth-order valence-electron chi connectivity index (χ4n) is 1.12. The van der Waals surface area contributed by atoms with Crippen molar-refractivity contribution in [2.24, 2.45) is 0 Å². The van der Waals surface area contributed by atoms with Gasteiger partial charge in [0.2, 0.25) is 0 Å². The molecule has 13 N–H and O–H groups in total. The molecule has 0 aromatic heterocycles. The van der Waals surface area contributed by atoms with Crippen LogP contribution < -0.4 is 4.72 Å². The summed E-state index contributed by atoms with van der Waals surface area (Å²) in [5, 5.41) is 0. The topological polar surface area (TPSA) is 252 Å². The Labute approximate surface area is 102 Å². The SMILES string of the molecule is O.O.O.O.O.O.O=C1NS(=O)(=O)c2ccccc21. The summed E-state index contributed by atoms with van der Waals surface area (Å²) >= 11 is 0. The Kier molecular flexibility index (Phi) is 15.7. The highest BCUT2D eigenvalue weighted by molar-refractivity contribution is 7.90. The third kappa shape index (κ3) is 4.34. The lowest BCUT2D eigenvalue weighted by molar-refractivity contribution is 0.0985. The fraction of sp³-hybridized carbons (Fsp3) is 0. The molecule has 1 amide bonds. The van der Waals surface area contributed by atoms with E-state index < -0.39 is 15.9 Å². The predicted molar refractivity (Wildman–Crippen MR) is 62.8 cm³/mol. The van der Waals surface area contributed by atoms with Gasteiger partial charge in [0, 0.05) is 0 Å². The number of amides is 1. The van der Waals surface area contributed by atoms with Crippen molar-refractivity contribution in [3.63, 3.8) is 0 Å². The molecule has 1 aromatic carbocycles. The molecule has 18 heavy (non-hydrogen) atoms. The second-order valence-corrected chi connectivity index (χ2v) is 4.08. The van der Waals surface area contributed by atoms with Gasteiger partial charge in [0.15, 0.2) is 0 Å². The monoisotopic (exact) mass is 291 g/mol. The van der Waals surface area contributed by atoms with Gasteiger partial charge < -0.3 is 32.9 Å². The maximum Gasteiger partial charge on any atom is 0.266 e. The second kappa shape index (κ2) is 9.43. The summed E-state index contributed by atoms with van der Waals surface area (Å²) in [7, 11) is -3.55. The molecule has 1 aromatic rings. The van der Waals surface area contributed by atoms with Crippen molar-refractivity contribution in [1.82, 2.24) is 4.72 Å². The van der Waals surface area contributed by atoms with E-state index in [1.807, 2.05) is 4.72 Å². The number of benzene rings is 1. The molecule has 1 heterocycles. The van der Waals surface area contributed by atoms with E-state index in [1.165, 1.54) is 12.1 Å². The molecule has 10 nitrogen and oxygen atoms in total. The minimum absolute atomic E-state index is 0. The summed E-state index contributed by atoms with van der Waals surface area (Å²) in [4.78, 5) is 11.1. The molecule has 0 fully saturated rings. The Bertz CT molecular complexity index is 458. The van der Waals surface area contributed by atoms with Crippen LogP contribution in [0.1, 0.15) is 10.4 Å². The van der Waals surface area contributed by atoms with Crippen LogP contribution in [0.25, 0.3) is 0 Å². The lowest BCUT2D eigenvalue weighted by atomic mass is 10.2. The highest BCUT2D eigenvalue weighted by atomic mass is 32.2. The van der Waals surface area contributed by atoms with Crippen LogP contribution in [0.5, 0.6) is 0 Å². The Morgan fingerprint density at radius 2 is 1.28 bits per heavy atom. The lowest BCUT2D eigenvalue weighted by Gasteiger charge is -1.91. The first-order valence-corrected chi connectivity index (χ1v) is 4.76. The van der Waals surface area contributed by atoms with Gasteiger partial charge in [-0.3, -0.25) is 4.79 Å². The Morgan fingerprint density at radius 3 is 1.72 bits per heavy atom. The molecule has 0 unspecified atom stereocenters. The molecule has 110 valence electrons. The Morgan fingerprint density at radius 1 is 0.833 bits per heavy atom. The zero-order valence-corrected chi connectivity index (χ0v) is 9.76. The third-order valence-electron chi connectivity index (χ3n) is 1.65. The summed E-state index contributed by atoms with van der Waals surface area (Å²) in [6.45, 7) is 0.